The molecule has 60 heavy (non-hydrogen) atoms. The molecule has 10 rings (SSSR count). The second-order valence-corrected chi connectivity index (χ2v) is 14.8. The number of aryl methyl sites for hydroxylation is 4. The second-order valence-electron chi connectivity index (χ2n) is 14.8. The summed E-state index contributed by atoms with van der Waals surface area (Å²) in [7, 11) is 0. The number of para-hydroxylation sites is 2. The topological polar surface area (TPSA) is 111 Å². The second kappa shape index (κ2) is 13.7. The lowest BCUT2D eigenvalue weighted by Crippen LogP contribution is -2.06. The molecule has 0 aliphatic rings. The number of fused-ring (bicyclic) bond motifs is 6. The van der Waals surface area contributed by atoms with E-state index in [4.69, 9.17) is 0 Å². The number of rotatable bonds is 5. The van der Waals surface area contributed by atoms with E-state index in [9.17, 15) is 18.4 Å². The van der Waals surface area contributed by atoms with Gasteiger partial charge in [-0.15, -0.1) is 0 Å². The zero-order valence-electron chi connectivity index (χ0n) is 32.7. The van der Waals surface area contributed by atoms with Crippen molar-refractivity contribution in [3.05, 3.63) is 156 Å². The lowest BCUT2D eigenvalue weighted by molar-refractivity contribution is -0.137. The fraction of sp³-hybridized carbons (Fsp3) is 0.104. The van der Waals surface area contributed by atoms with Gasteiger partial charge in [-0.05, 0) is 112 Å². The Morgan fingerprint density at radius 2 is 0.900 bits per heavy atom. The molecule has 0 spiro atoms. The molecule has 10 aromatic rings. The van der Waals surface area contributed by atoms with Crippen molar-refractivity contribution in [2.75, 3.05) is 0 Å². The average molecular weight is 792 g/mol. The first kappa shape index (κ1) is 36.6. The largest absolute Gasteiger partial charge is 0.416 e. The van der Waals surface area contributed by atoms with E-state index in [1.165, 1.54) is 6.07 Å². The molecule has 12 heteroatoms. The molecule has 6 aromatic carbocycles. The minimum Gasteiger partial charge on any atom is -0.308 e. The average Bonchev–Trinajstić information content (AvgIpc) is 3.74. The van der Waals surface area contributed by atoms with Gasteiger partial charge in [0.1, 0.15) is 34.9 Å². The first-order chi connectivity index (χ1) is 28.9. The van der Waals surface area contributed by atoms with E-state index in [1.807, 2.05) is 134 Å². The molecule has 0 saturated carbocycles. The van der Waals surface area contributed by atoms with Crippen molar-refractivity contribution < 1.29 is 13.2 Å². The number of benzene rings is 6. The van der Waals surface area contributed by atoms with Gasteiger partial charge in [-0.25, -0.2) is 29.9 Å². The fourth-order valence-electron chi connectivity index (χ4n) is 8.35. The molecule has 0 aliphatic carbocycles. The Labute approximate surface area is 341 Å². The standard InChI is InChI=1S/C48H32F3N9/c1-26-53-27(2)56-46(55-26)31-16-18-42-37(21-31)35-12-5-7-14-40(35)59(42)44-23-33(30-10-9-11-34(20-30)48(49,50)51)24-45(39(44)25-52)60-41-15-8-6-13-36(41)38-22-32(17-19-43(38)60)47-57-28(3)54-29(4)58-47/h5-24H,1-4H3. The highest BCUT2D eigenvalue weighted by Gasteiger charge is 2.31. The zero-order chi connectivity index (χ0) is 41.4. The molecular formula is C48H32F3N9. The minimum atomic E-state index is -4.56. The fourth-order valence-corrected chi connectivity index (χ4v) is 8.35. The lowest BCUT2D eigenvalue weighted by Gasteiger charge is -2.19. The molecule has 0 radical (unpaired) electrons. The van der Waals surface area contributed by atoms with Crippen LogP contribution in [0.3, 0.4) is 0 Å². The number of hydrogen-bond acceptors (Lipinski definition) is 7. The molecule has 4 aromatic heterocycles. The van der Waals surface area contributed by atoms with Crippen molar-refractivity contribution in [3.63, 3.8) is 0 Å². The van der Waals surface area contributed by atoms with Gasteiger partial charge in [-0.2, -0.15) is 18.4 Å². The van der Waals surface area contributed by atoms with E-state index in [-0.39, 0.29) is 0 Å². The third-order valence-corrected chi connectivity index (χ3v) is 10.8. The molecule has 290 valence electrons. The van der Waals surface area contributed by atoms with Gasteiger partial charge >= 0.3 is 6.18 Å². The number of nitrogens with zero attached hydrogens (tertiary/aromatic N) is 9. The van der Waals surface area contributed by atoms with Gasteiger partial charge in [0.25, 0.3) is 0 Å². The molecule has 0 amide bonds. The zero-order valence-corrected chi connectivity index (χ0v) is 32.7. The van der Waals surface area contributed by atoms with Gasteiger partial charge in [-0.1, -0.05) is 48.5 Å². The minimum absolute atomic E-state index is 0.330. The summed E-state index contributed by atoms with van der Waals surface area (Å²) < 4.78 is 46.7. The van der Waals surface area contributed by atoms with E-state index in [2.05, 4.69) is 36.0 Å². The number of aromatic nitrogens is 8. The Kier molecular flexibility index (Phi) is 8.33. The summed E-state index contributed by atoms with van der Waals surface area (Å²) in [5.74, 6) is 3.51. The summed E-state index contributed by atoms with van der Waals surface area (Å²) >= 11 is 0. The van der Waals surface area contributed by atoms with E-state index < -0.39 is 11.7 Å². The first-order valence-electron chi connectivity index (χ1n) is 19.2. The molecule has 0 saturated heterocycles. The van der Waals surface area contributed by atoms with Gasteiger partial charge in [0, 0.05) is 32.7 Å². The summed E-state index contributed by atoms with van der Waals surface area (Å²) in [6.45, 7) is 7.31. The van der Waals surface area contributed by atoms with Crippen LogP contribution in [0.25, 0.3) is 88.9 Å². The van der Waals surface area contributed by atoms with Gasteiger partial charge in [0.05, 0.1) is 39.0 Å². The van der Waals surface area contributed by atoms with Gasteiger partial charge in [-0.3, -0.25) is 0 Å². The van der Waals surface area contributed by atoms with Crippen LogP contribution in [0.4, 0.5) is 13.2 Å². The number of hydrogen-bond donors (Lipinski definition) is 0. The molecular weight excluding hydrogens is 760 g/mol. The Morgan fingerprint density at radius 1 is 0.450 bits per heavy atom. The van der Waals surface area contributed by atoms with Crippen molar-refractivity contribution >= 4 is 43.6 Å². The maximum atomic E-state index is 14.2. The Hall–Kier alpha value is -7.78. The van der Waals surface area contributed by atoms with Crippen LogP contribution >= 0.6 is 0 Å². The summed E-state index contributed by atoms with van der Waals surface area (Å²) in [6.07, 6.45) is -4.56. The molecule has 0 fully saturated rings. The van der Waals surface area contributed by atoms with E-state index >= 15 is 0 Å². The van der Waals surface area contributed by atoms with Crippen molar-refractivity contribution in [3.8, 4) is 51.3 Å². The number of alkyl halides is 3. The van der Waals surface area contributed by atoms with Crippen LogP contribution in [0.5, 0.6) is 0 Å². The third-order valence-electron chi connectivity index (χ3n) is 10.8. The maximum Gasteiger partial charge on any atom is 0.416 e. The van der Waals surface area contributed by atoms with E-state index in [0.29, 0.717) is 63.0 Å². The van der Waals surface area contributed by atoms with Crippen molar-refractivity contribution in [1.82, 2.24) is 39.0 Å². The molecule has 0 N–H and O–H groups in total. The van der Waals surface area contributed by atoms with Gasteiger partial charge in [0.2, 0.25) is 0 Å². The molecule has 0 unspecified atom stereocenters. The summed E-state index contributed by atoms with van der Waals surface area (Å²) in [5.41, 5.74) is 6.23. The predicted octanol–water partition coefficient (Wildman–Crippen LogP) is 11.4. The van der Waals surface area contributed by atoms with Crippen molar-refractivity contribution in [1.29, 1.82) is 5.26 Å². The normalized spacial score (nSPS) is 11.9. The smallest absolute Gasteiger partial charge is 0.308 e. The molecule has 0 aliphatic heterocycles. The molecule has 4 heterocycles. The Balaban J connectivity index is 1.29. The third kappa shape index (κ3) is 6.02. The van der Waals surface area contributed by atoms with E-state index in [0.717, 1.165) is 66.9 Å². The Bertz CT molecular complexity index is 3220. The number of nitriles is 1. The summed E-state index contributed by atoms with van der Waals surface area (Å²) in [6, 6.07) is 39.1. The maximum absolute atomic E-state index is 14.2. The van der Waals surface area contributed by atoms with Crippen molar-refractivity contribution in [2.45, 2.75) is 33.9 Å². The summed E-state index contributed by atoms with van der Waals surface area (Å²) in [5, 5.41) is 14.9. The van der Waals surface area contributed by atoms with Gasteiger partial charge < -0.3 is 9.13 Å². The predicted molar refractivity (Wildman–Crippen MR) is 227 cm³/mol. The Morgan fingerprint density at radius 3 is 1.35 bits per heavy atom. The van der Waals surface area contributed by atoms with Crippen LogP contribution in [0, 0.1) is 39.0 Å². The van der Waals surface area contributed by atoms with Crippen LogP contribution in [0.15, 0.2) is 121 Å². The highest BCUT2D eigenvalue weighted by molar-refractivity contribution is 6.12. The first-order valence-corrected chi connectivity index (χ1v) is 19.2. The van der Waals surface area contributed by atoms with Crippen LogP contribution in [-0.2, 0) is 6.18 Å². The highest BCUT2D eigenvalue weighted by Crippen LogP contribution is 2.42. The van der Waals surface area contributed by atoms with Gasteiger partial charge in [0.15, 0.2) is 11.6 Å². The monoisotopic (exact) mass is 791 g/mol. The summed E-state index contributed by atoms with van der Waals surface area (Å²) in [4.78, 5) is 27.1. The molecule has 0 atom stereocenters. The molecule has 9 nitrogen and oxygen atoms in total. The number of halogens is 3. The quantitative estimate of drug-likeness (QED) is 0.171. The van der Waals surface area contributed by atoms with Crippen molar-refractivity contribution in [2.24, 2.45) is 0 Å². The molecule has 0 bridgehead atoms. The van der Waals surface area contributed by atoms with Crippen LogP contribution < -0.4 is 0 Å². The van der Waals surface area contributed by atoms with Crippen LogP contribution in [0.2, 0.25) is 0 Å². The van der Waals surface area contributed by atoms with Crippen LogP contribution in [0.1, 0.15) is 34.4 Å². The van der Waals surface area contributed by atoms with E-state index in [1.54, 1.807) is 6.07 Å². The lowest BCUT2D eigenvalue weighted by atomic mass is 9.98. The van der Waals surface area contributed by atoms with Crippen LogP contribution in [-0.4, -0.2) is 39.0 Å². The highest BCUT2D eigenvalue weighted by atomic mass is 19.4. The SMILES string of the molecule is Cc1nc(C)nc(-c2ccc3c(c2)c2ccccc2n3-c2cc(-c3cccc(C(F)(F)F)c3)cc(-n3c4ccccc4c4cc(-c5nc(C)nc(C)n5)ccc43)c2C#N)n1.